The Morgan fingerprint density at radius 1 is 1.67 bits per heavy atom. The van der Waals surface area contributed by atoms with E-state index in [0.717, 1.165) is 13.1 Å². The maximum absolute atomic E-state index is 8.14. The Morgan fingerprint density at radius 3 is 2.67 bits per heavy atom. The van der Waals surface area contributed by atoms with Crippen LogP contribution < -0.4 is 5.73 Å². The van der Waals surface area contributed by atoms with Crippen molar-refractivity contribution in [3.05, 3.63) is 0 Å². The topological polar surface area (TPSA) is 61.8 Å². The number of likely N-dealkylation sites (tertiary alicyclic amines) is 1. The summed E-state index contributed by atoms with van der Waals surface area (Å²) in [5, 5.41) is 11.0. The number of nitrogens with zero attached hydrogens (tertiary/aromatic N) is 2. The SMILES string of the molecule is N/C(CN1CCC1)=N\O. The highest BCUT2D eigenvalue weighted by atomic mass is 16.4. The van der Waals surface area contributed by atoms with Gasteiger partial charge in [-0.05, 0) is 19.5 Å². The van der Waals surface area contributed by atoms with Crippen LogP contribution in [-0.2, 0) is 0 Å². The Balaban J connectivity index is 2.16. The van der Waals surface area contributed by atoms with Crippen molar-refractivity contribution in [1.29, 1.82) is 0 Å². The second-order valence-corrected chi connectivity index (χ2v) is 2.22. The molecule has 0 bridgehead atoms. The molecule has 0 spiro atoms. The van der Waals surface area contributed by atoms with Crippen LogP contribution in [0.25, 0.3) is 0 Å². The molecule has 0 aliphatic carbocycles. The van der Waals surface area contributed by atoms with Gasteiger partial charge in [0.2, 0.25) is 0 Å². The molecule has 1 rings (SSSR count). The van der Waals surface area contributed by atoms with E-state index >= 15 is 0 Å². The van der Waals surface area contributed by atoms with E-state index in [-0.39, 0.29) is 0 Å². The van der Waals surface area contributed by atoms with Crippen LogP contribution in [0.5, 0.6) is 0 Å². The van der Waals surface area contributed by atoms with Crippen molar-refractivity contribution in [3.63, 3.8) is 0 Å². The van der Waals surface area contributed by atoms with Gasteiger partial charge in [0.1, 0.15) is 0 Å². The number of oxime groups is 1. The van der Waals surface area contributed by atoms with Crippen molar-refractivity contribution in [2.75, 3.05) is 19.6 Å². The number of nitrogens with two attached hydrogens (primary N) is 1. The van der Waals surface area contributed by atoms with E-state index < -0.39 is 0 Å². The minimum Gasteiger partial charge on any atom is -0.409 e. The van der Waals surface area contributed by atoms with Crippen LogP contribution in [0.2, 0.25) is 0 Å². The largest absolute Gasteiger partial charge is 0.409 e. The molecule has 52 valence electrons. The number of hydrogen-bond donors (Lipinski definition) is 2. The van der Waals surface area contributed by atoms with Gasteiger partial charge in [-0.3, -0.25) is 4.90 Å². The van der Waals surface area contributed by atoms with Crippen molar-refractivity contribution in [2.24, 2.45) is 10.9 Å². The lowest BCUT2D eigenvalue weighted by Gasteiger charge is -2.29. The molecule has 9 heavy (non-hydrogen) atoms. The van der Waals surface area contributed by atoms with Crippen LogP contribution in [0.3, 0.4) is 0 Å². The monoisotopic (exact) mass is 129 g/mol. The van der Waals surface area contributed by atoms with Crippen molar-refractivity contribution >= 4 is 5.84 Å². The molecule has 0 aromatic rings. The molecular formula is C5H11N3O. The van der Waals surface area contributed by atoms with Gasteiger partial charge >= 0.3 is 0 Å². The van der Waals surface area contributed by atoms with Crippen LogP contribution >= 0.6 is 0 Å². The molecule has 1 fully saturated rings. The van der Waals surface area contributed by atoms with Gasteiger partial charge in [-0.15, -0.1) is 0 Å². The van der Waals surface area contributed by atoms with E-state index in [1.54, 1.807) is 0 Å². The molecule has 0 aromatic heterocycles. The minimum atomic E-state index is 0.301. The summed E-state index contributed by atoms with van der Waals surface area (Å²) >= 11 is 0. The predicted molar refractivity (Wildman–Crippen MR) is 34.5 cm³/mol. The lowest BCUT2D eigenvalue weighted by Crippen LogP contribution is -2.42. The van der Waals surface area contributed by atoms with Crippen molar-refractivity contribution in [3.8, 4) is 0 Å². The number of hydrogen-bond acceptors (Lipinski definition) is 3. The lowest BCUT2D eigenvalue weighted by molar-refractivity contribution is 0.206. The lowest BCUT2D eigenvalue weighted by atomic mass is 10.2. The summed E-state index contributed by atoms with van der Waals surface area (Å²) in [6.07, 6.45) is 1.23. The van der Waals surface area contributed by atoms with E-state index in [4.69, 9.17) is 10.9 Å². The zero-order chi connectivity index (χ0) is 6.69. The molecule has 4 nitrogen and oxygen atoms in total. The second-order valence-electron chi connectivity index (χ2n) is 2.22. The zero-order valence-corrected chi connectivity index (χ0v) is 5.25. The molecule has 1 aliphatic heterocycles. The Bertz CT molecular complexity index is 119. The maximum Gasteiger partial charge on any atom is 0.153 e. The highest BCUT2D eigenvalue weighted by Gasteiger charge is 2.13. The van der Waals surface area contributed by atoms with Crippen molar-refractivity contribution in [2.45, 2.75) is 6.42 Å². The first-order chi connectivity index (χ1) is 4.33. The van der Waals surface area contributed by atoms with Gasteiger partial charge in [-0.1, -0.05) is 5.16 Å². The van der Waals surface area contributed by atoms with E-state index in [2.05, 4.69) is 10.1 Å². The average Bonchev–Trinajstić information content (AvgIpc) is 1.78. The highest BCUT2D eigenvalue weighted by molar-refractivity contribution is 5.81. The summed E-state index contributed by atoms with van der Waals surface area (Å²) in [4.78, 5) is 2.12. The molecule has 1 saturated heterocycles. The molecule has 0 saturated carbocycles. The van der Waals surface area contributed by atoms with E-state index in [9.17, 15) is 0 Å². The molecule has 0 unspecified atom stereocenters. The molecule has 0 amide bonds. The van der Waals surface area contributed by atoms with Gasteiger partial charge in [-0.2, -0.15) is 0 Å². The van der Waals surface area contributed by atoms with E-state index in [1.807, 2.05) is 0 Å². The van der Waals surface area contributed by atoms with Crippen molar-refractivity contribution in [1.82, 2.24) is 4.90 Å². The molecule has 0 aromatic carbocycles. The summed E-state index contributed by atoms with van der Waals surface area (Å²) in [7, 11) is 0. The highest BCUT2D eigenvalue weighted by Crippen LogP contribution is 2.03. The maximum atomic E-state index is 8.14. The summed E-state index contributed by atoms with van der Waals surface area (Å²) < 4.78 is 0. The minimum absolute atomic E-state index is 0.301. The van der Waals surface area contributed by atoms with Crippen molar-refractivity contribution < 1.29 is 5.21 Å². The third-order valence-electron chi connectivity index (χ3n) is 1.46. The smallest absolute Gasteiger partial charge is 0.153 e. The van der Waals surface area contributed by atoms with Crippen LogP contribution in [0.15, 0.2) is 5.16 Å². The average molecular weight is 129 g/mol. The Morgan fingerprint density at radius 2 is 2.33 bits per heavy atom. The zero-order valence-electron chi connectivity index (χ0n) is 5.25. The van der Waals surface area contributed by atoms with Gasteiger partial charge in [0, 0.05) is 0 Å². The second kappa shape index (κ2) is 2.68. The fraction of sp³-hybridized carbons (Fsp3) is 0.800. The van der Waals surface area contributed by atoms with E-state index in [0.29, 0.717) is 12.4 Å². The quantitative estimate of drug-likeness (QED) is 0.227. The van der Waals surface area contributed by atoms with Gasteiger partial charge < -0.3 is 10.9 Å². The van der Waals surface area contributed by atoms with Crippen LogP contribution in [0.4, 0.5) is 0 Å². The Kier molecular flexibility index (Phi) is 1.89. The third-order valence-corrected chi connectivity index (χ3v) is 1.46. The summed E-state index contributed by atoms with van der Waals surface area (Å²) in [6.45, 7) is 2.77. The normalized spacial score (nSPS) is 21.6. The van der Waals surface area contributed by atoms with Gasteiger partial charge in [0.15, 0.2) is 5.84 Å². The molecule has 1 heterocycles. The Hall–Kier alpha value is -0.770. The standard InChI is InChI=1S/C5H11N3O/c6-5(7-9)4-8-2-1-3-8/h9H,1-4H2,(H2,6,7). The third kappa shape index (κ3) is 1.57. The Labute approximate surface area is 53.9 Å². The number of amidine groups is 1. The first-order valence-electron chi connectivity index (χ1n) is 3.01. The summed E-state index contributed by atoms with van der Waals surface area (Å²) in [5.74, 6) is 0.301. The number of rotatable bonds is 2. The molecule has 0 atom stereocenters. The summed E-state index contributed by atoms with van der Waals surface area (Å²) in [5.41, 5.74) is 5.24. The predicted octanol–water partition coefficient (Wildman–Crippen LogP) is -0.562. The summed E-state index contributed by atoms with van der Waals surface area (Å²) in [6, 6.07) is 0. The van der Waals surface area contributed by atoms with E-state index in [1.165, 1.54) is 6.42 Å². The van der Waals surface area contributed by atoms with Gasteiger partial charge in [0.05, 0.1) is 6.54 Å². The van der Waals surface area contributed by atoms with Gasteiger partial charge in [0.25, 0.3) is 0 Å². The van der Waals surface area contributed by atoms with Gasteiger partial charge in [-0.25, -0.2) is 0 Å². The van der Waals surface area contributed by atoms with Crippen LogP contribution in [0, 0.1) is 0 Å². The molecule has 0 radical (unpaired) electrons. The fourth-order valence-electron chi connectivity index (χ4n) is 0.801. The van der Waals surface area contributed by atoms with Crippen LogP contribution in [0.1, 0.15) is 6.42 Å². The molecular weight excluding hydrogens is 118 g/mol. The fourth-order valence-corrected chi connectivity index (χ4v) is 0.801. The first kappa shape index (κ1) is 6.35. The van der Waals surface area contributed by atoms with Crippen LogP contribution in [-0.4, -0.2) is 35.6 Å². The first-order valence-corrected chi connectivity index (χ1v) is 3.01. The molecule has 1 aliphatic rings. The molecule has 4 heteroatoms. The molecule has 3 N–H and O–H groups in total.